The van der Waals surface area contributed by atoms with Gasteiger partial charge in [0.25, 0.3) is 0 Å². The van der Waals surface area contributed by atoms with Gasteiger partial charge in [-0.25, -0.2) is 4.79 Å². The Morgan fingerprint density at radius 2 is 1.48 bits per heavy atom. The second-order valence-electron chi connectivity index (χ2n) is 8.48. The van der Waals surface area contributed by atoms with Gasteiger partial charge in [0.05, 0.1) is 16.8 Å². The summed E-state index contributed by atoms with van der Waals surface area (Å²) in [5.74, 6) is -0.954. The molecule has 0 saturated heterocycles. The lowest BCUT2D eigenvalue weighted by Crippen LogP contribution is -2.47. The molecule has 2 aromatic carbocycles. The average molecular weight is 474 g/mol. The number of nitrogens with one attached hydrogen (secondary N) is 1. The highest BCUT2D eigenvalue weighted by molar-refractivity contribution is 6.05. The van der Waals surface area contributed by atoms with Crippen LogP contribution in [0.4, 0.5) is 42.5 Å². The van der Waals surface area contributed by atoms with Crippen molar-refractivity contribution in [2.45, 2.75) is 51.2 Å². The number of nitrogens with zero attached hydrogens (tertiary/aromatic N) is 1. The van der Waals surface area contributed by atoms with Crippen molar-refractivity contribution in [1.29, 1.82) is 0 Å². The lowest BCUT2D eigenvalue weighted by Gasteiger charge is -2.28. The zero-order chi connectivity index (χ0) is 24.8. The van der Waals surface area contributed by atoms with E-state index < -0.39 is 52.8 Å². The van der Waals surface area contributed by atoms with Crippen LogP contribution in [-0.2, 0) is 28.3 Å². The topological polar surface area (TPSA) is 58.6 Å². The molecule has 0 fully saturated rings. The van der Waals surface area contributed by atoms with Crippen molar-refractivity contribution in [3.8, 4) is 0 Å². The first-order chi connectivity index (χ1) is 15.1. The normalized spacial score (nSPS) is 16.4. The minimum absolute atomic E-state index is 0.00629. The van der Waals surface area contributed by atoms with Crippen molar-refractivity contribution in [2.24, 2.45) is 0 Å². The van der Waals surface area contributed by atoms with Gasteiger partial charge in [0.15, 0.2) is 0 Å². The Hall–Kier alpha value is -3.24. The Kier molecular flexibility index (Phi) is 6.12. The monoisotopic (exact) mass is 474 g/mol. The van der Waals surface area contributed by atoms with E-state index in [-0.39, 0.29) is 12.5 Å². The van der Waals surface area contributed by atoms with Gasteiger partial charge in [0.2, 0.25) is 5.91 Å². The Morgan fingerprint density at radius 3 is 2.00 bits per heavy atom. The number of hydrogen-bond donors (Lipinski definition) is 1. The molecule has 1 aliphatic heterocycles. The highest BCUT2D eigenvalue weighted by Crippen LogP contribution is 2.38. The van der Waals surface area contributed by atoms with Crippen molar-refractivity contribution >= 4 is 23.4 Å². The van der Waals surface area contributed by atoms with E-state index in [0.717, 1.165) is 4.90 Å². The Labute approximate surface area is 185 Å². The summed E-state index contributed by atoms with van der Waals surface area (Å²) in [5, 5.41) is 2.10. The lowest BCUT2D eigenvalue weighted by molar-refractivity contribution is -0.143. The molecular weight excluding hydrogens is 454 g/mol. The van der Waals surface area contributed by atoms with Crippen molar-refractivity contribution in [2.75, 3.05) is 10.2 Å². The smallest absolute Gasteiger partial charge is 0.416 e. The molecule has 33 heavy (non-hydrogen) atoms. The second kappa shape index (κ2) is 8.27. The van der Waals surface area contributed by atoms with Gasteiger partial charge >= 0.3 is 18.4 Å². The third-order valence-corrected chi connectivity index (χ3v) is 4.72. The summed E-state index contributed by atoms with van der Waals surface area (Å²) in [6.07, 6.45) is -11.0. The van der Waals surface area contributed by atoms with Crippen molar-refractivity contribution in [3.05, 3.63) is 59.2 Å². The molecule has 1 N–H and O–H groups in total. The lowest BCUT2D eigenvalue weighted by atomic mass is 10.1. The molecule has 0 radical (unpaired) electrons. The molecule has 178 valence electrons. The highest BCUT2D eigenvalue weighted by Gasteiger charge is 2.41. The molecule has 0 bridgehead atoms. The number of anilines is 2. The second-order valence-corrected chi connectivity index (χ2v) is 8.48. The summed E-state index contributed by atoms with van der Waals surface area (Å²) in [4.78, 5) is 26.8. The molecule has 2 aromatic rings. The molecule has 11 heteroatoms. The van der Waals surface area contributed by atoms with Gasteiger partial charge in [0.1, 0.15) is 11.6 Å². The molecule has 1 aliphatic rings. The van der Waals surface area contributed by atoms with E-state index in [1.54, 1.807) is 45.0 Å². The standard InChI is InChI=1S/C22H20F6N2O3/c1-20(2,3)33-19(32)30-16-7-5-4-6-12(16)8-17(30)18(31)29-15-10-13(21(23,24)25)9-14(11-15)22(26,27)28/h4-7,9-11,17H,8H2,1-3H3,(H,29,31)/t17-/m0/s1. The molecular formula is C22H20F6N2O3. The van der Waals surface area contributed by atoms with Crippen molar-refractivity contribution in [3.63, 3.8) is 0 Å². The number of carbonyl (C=O) groups is 2. The summed E-state index contributed by atoms with van der Waals surface area (Å²) in [5.41, 5.74) is -3.76. The first-order valence-electron chi connectivity index (χ1n) is 9.77. The summed E-state index contributed by atoms with van der Waals surface area (Å²) >= 11 is 0. The van der Waals surface area contributed by atoms with Crippen LogP contribution in [0.15, 0.2) is 42.5 Å². The number of ether oxygens (including phenoxy) is 1. The van der Waals surface area contributed by atoms with Crippen LogP contribution in [-0.4, -0.2) is 23.6 Å². The van der Waals surface area contributed by atoms with E-state index >= 15 is 0 Å². The maximum absolute atomic E-state index is 13.1. The molecule has 0 unspecified atom stereocenters. The van der Waals surface area contributed by atoms with Crippen LogP contribution >= 0.6 is 0 Å². The molecule has 3 rings (SSSR count). The summed E-state index contributed by atoms with van der Waals surface area (Å²) < 4.78 is 84.1. The fraction of sp³-hybridized carbons (Fsp3) is 0.364. The van der Waals surface area contributed by atoms with E-state index in [1.165, 1.54) is 0 Å². The summed E-state index contributed by atoms with van der Waals surface area (Å²) in [6.45, 7) is 4.84. The van der Waals surface area contributed by atoms with Crippen molar-refractivity contribution in [1.82, 2.24) is 0 Å². The largest absolute Gasteiger partial charge is 0.443 e. The predicted molar refractivity (Wildman–Crippen MR) is 108 cm³/mol. The van der Waals surface area contributed by atoms with E-state index in [2.05, 4.69) is 5.32 Å². The van der Waals surface area contributed by atoms with Crippen LogP contribution in [0, 0.1) is 0 Å². The van der Waals surface area contributed by atoms with Gasteiger partial charge in [-0.2, -0.15) is 26.3 Å². The van der Waals surface area contributed by atoms with E-state index in [9.17, 15) is 35.9 Å². The Bertz CT molecular complexity index is 1040. The minimum Gasteiger partial charge on any atom is -0.443 e. The Morgan fingerprint density at radius 1 is 0.939 bits per heavy atom. The fourth-order valence-corrected chi connectivity index (χ4v) is 3.39. The number of hydrogen-bond acceptors (Lipinski definition) is 3. The molecule has 1 heterocycles. The van der Waals surface area contributed by atoms with Gasteiger partial charge in [0, 0.05) is 12.1 Å². The number of rotatable bonds is 2. The molecule has 0 aromatic heterocycles. The molecule has 0 spiro atoms. The number of amides is 2. The van der Waals surface area contributed by atoms with Gasteiger partial charge in [-0.15, -0.1) is 0 Å². The molecule has 0 aliphatic carbocycles. The number of benzene rings is 2. The van der Waals surface area contributed by atoms with Crippen LogP contribution in [0.1, 0.15) is 37.5 Å². The predicted octanol–water partition coefficient (Wildman–Crippen LogP) is 6.03. The van der Waals surface area contributed by atoms with Crippen LogP contribution in [0.25, 0.3) is 0 Å². The third kappa shape index (κ3) is 5.58. The van der Waals surface area contributed by atoms with Gasteiger partial charge in [-0.05, 0) is 50.6 Å². The molecule has 2 amide bonds. The van der Waals surface area contributed by atoms with Crippen LogP contribution < -0.4 is 10.2 Å². The van der Waals surface area contributed by atoms with Crippen LogP contribution in [0.5, 0.6) is 0 Å². The molecule has 0 saturated carbocycles. The van der Waals surface area contributed by atoms with E-state index in [4.69, 9.17) is 4.74 Å². The number of para-hydroxylation sites is 1. The zero-order valence-electron chi connectivity index (χ0n) is 17.8. The number of alkyl halides is 6. The quantitative estimate of drug-likeness (QED) is 0.541. The van der Waals surface area contributed by atoms with Crippen LogP contribution in [0.3, 0.4) is 0 Å². The third-order valence-electron chi connectivity index (χ3n) is 4.72. The molecule has 5 nitrogen and oxygen atoms in total. The van der Waals surface area contributed by atoms with E-state index in [1.807, 2.05) is 0 Å². The number of fused-ring (bicyclic) bond motifs is 1. The maximum atomic E-state index is 13.1. The van der Waals surface area contributed by atoms with Crippen LogP contribution in [0.2, 0.25) is 0 Å². The number of halogens is 6. The van der Waals surface area contributed by atoms with Gasteiger partial charge in [-0.3, -0.25) is 9.69 Å². The van der Waals surface area contributed by atoms with Crippen molar-refractivity contribution < 1.29 is 40.7 Å². The number of carbonyl (C=O) groups excluding carboxylic acids is 2. The highest BCUT2D eigenvalue weighted by atomic mass is 19.4. The minimum atomic E-state index is -5.06. The SMILES string of the molecule is CC(C)(C)OC(=O)N1c2ccccc2C[C@H]1C(=O)Nc1cc(C(F)(F)F)cc(C(F)(F)F)c1. The first-order valence-corrected chi connectivity index (χ1v) is 9.77. The summed E-state index contributed by atoms with van der Waals surface area (Å²) in [7, 11) is 0. The van der Waals surface area contributed by atoms with Gasteiger partial charge < -0.3 is 10.1 Å². The van der Waals surface area contributed by atoms with Gasteiger partial charge in [-0.1, -0.05) is 18.2 Å². The van der Waals surface area contributed by atoms with E-state index in [0.29, 0.717) is 23.4 Å². The Balaban J connectivity index is 1.95. The zero-order valence-corrected chi connectivity index (χ0v) is 17.8. The fourth-order valence-electron chi connectivity index (χ4n) is 3.39. The molecule has 1 atom stereocenters. The first kappa shape index (κ1) is 24.4. The average Bonchev–Trinajstić information content (AvgIpc) is 3.05. The maximum Gasteiger partial charge on any atom is 0.416 e. The summed E-state index contributed by atoms with van der Waals surface area (Å²) in [6, 6.07) is 6.08.